The van der Waals surface area contributed by atoms with Crippen LogP contribution in [0.5, 0.6) is 0 Å². The molecule has 0 amide bonds. The fourth-order valence-electron chi connectivity index (χ4n) is 5.20. The average Bonchev–Trinajstić information content (AvgIpc) is 2.78. The zero-order valence-corrected chi connectivity index (χ0v) is 12.2. The van der Waals surface area contributed by atoms with E-state index in [0.717, 1.165) is 31.6 Å². The maximum absolute atomic E-state index is 9.62. The lowest BCUT2D eigenvalue weighted by molar-refractivity contribution is 0.0716. The van der Waals surface area contributed by atoms with Gasteiger partial charge in [0.25, 0.3) is 0 Å². The zero-order valence-electron chi connectivity index (χ0n) is 12.2. The molecule has 3 fully saturated rings. The van der Waals surface area contributed by atoms with Crippen molar-refractivity contribution in [3.05, 3.63) is 0 Å². The molecule has 0 aromatic heterocycles. The molecule has 3 atom stereocenters. The number of aliphatic hydroxyl groups excluding tert-OH is 1. The van der Waals surface area contributed by atoms with E-state index in [0.29, 0.717) is 22.9 Å². The van der Waals surface area contributed by atoms with Crippen molar-refractivity contribution < 1.29 is 5.11 Å². The number of hydrogen-bond acceptors (Lipinski definition) is 2. The van der Waals surface area contributed by atoms with Crippen LogP contribution in [0.2, 0.25) is 0 Å². The first-order chi connectivity index (χ1) is 8.42. The van der Waals surface area contributed by atoms with E-state index in [1.54, 1.807) is 0 Å². The van der Waals surface area contributed by atoms with E-state index in [2.05, 4.69) is 26.1 Å². The van der Waals surface area contributed by atoms with Gasteiger partial charge in [-0.1, -0.05) is 20.8 Å². The molecule has 0 aromatic carbocycles. The summed E-state index contributed by atoms with van der Waals surface area (Å²) >= 11 is 0. The Balaban J connectivity index is 1.68. The summed E-state index contributed by atoms with van der Waals surface area (Å²) in [4.78, 5) is 0. The molecule has 2 nitrogen and oxygen atoms in total. The van der Waals surface area contributed by atoms with Crippen molar-refractivity contribution in [1.29, 1.82) is 0 Å². The van der Waals surface area contributed by atoms with E-state index in [4.69, 9.17) is 0 Å². The van der Waals surface area contributed by atoms with E-state index >= 15 is 0 Å². The fourth-order valence-corrected chi connectivity index (χ4v) is 5.20. The molecule has 0 saturated heterocycles. The van der Waals surface area contributed by atoms with Crippen LogP contribution in [-0.2, 0) is 0 Å². The number of rotatable bonds is 2. The molecule has 0 spiro atoms. The second kappa shape index (κ2) is 4.21. The van der Waals surface area contributed by atoms with Gasteiger partial charge in [0.2, 0.25) is 0 Å². The summed E-state index contributed by atoms with van der Waals surface area (Å²) in [6.45, 7) is 7.44. The molecule has 0 radical (unpaired) electrons. The third-order valence-electron chi connectivity index (χ3n) is 6.37. The van der Waals surface area contributed by atoms with Crippen LogP contribution >= 0.6 is 0 Å². The smallest absolute Gasteiger partial charge is 0.0541 e. The zero-order chi connectivity index (χ0) is 13.0. The number of hydrogen-bond donors (Lipinski definition) is 2. The Kier molecular flexibility index (Phi) is 3.02. The minimum Gasteiger partial charge on any atom is -0.393 e. The fraction of sp³-hybridized carbons (Fsp3) is 1.00. The predicted molar refractivity (Wildman–Crippen MR) is 74.4 cm³/mol. The van der Waals surface area contributed by atoms with E-state index in [1.165, 1.54) is 19.3 Å². The highest BCUT2D eigenvalue weighted by Crippen LogP contribution is 2.62. The van der Waals surface area contributed by atoms with Crippen molar-refractivity contribution in [3.8, 4) is 0 Å². The third-order valence-corrected chi connectivity index (χ3v) is 6.37. The van der Waals surface area contributed by atoms with Gasteiger partial charge >= 0.3 is 0 Å². The Morgan fingerprint density at radius 3 is 2.22 bits per heavy atom. The lowest BCUT2D eigenvalue weighted by atomic mass is 9.68. The first-order valence-electron chi connectivity index (χ1n) is 7.86. The first kappa shape index (κ1) is 12.9. The van der Waals surface area contributed by atoms with Crippen molar-refractivity contribution in [1.82, 2.24) is 5.32 Å². The normalized spacial score (nSPS) is 50.7. The van der Waals surface area contributed by atoms with Gasteiger partial charge in [0, 0.05) is 12.1 Å². The monoisotopic (exact) mass is 251 g/mol. The molecule has 0 aromatic rings. The Hall–Kier alpha value is -0.0800. The van der Waals surface area contributed by atoms with Crippen LogP contribution in [0.1, 0.15) is 65.7 Å². The maximum Gasteiger partial charge on any atom is 0.0541 e. The SMILES string of the molecule is CC12CCC(C1)C(C)(C)C2NC1CCC(O)CC1. The molecule has 3 aliphatic rings. The van der Waals surface area contributed by atoms with Crippen molar-refractivity contribution in [2.24, 2.45) is 16.7 Å². The minimum atomic E-state index is -0.0355. The van der Waals surface area contributed by atoms with E-state index in [1.807, 2.05) is 0 Å². The summed E-state index contributed by atoms with van der Waals surface area (Å²) in [5.74, 6) is 0.925. The van der Waals surface area contributed by atoms with Gasteiger partial charge in [-0.25, -0.2) is 0 Å². The molecule has 3 aliphatic carbocycles. The molecule has 0 aliphatic heterocycles. The lowest BCUT2D eigenvalue weighted by Crippen LogP contribution is -2.54. The first-order valence-corrected chi connectivity index (χ1v) is 7.86. The van der Waals surface area contributed by atoms with Gasteiger partial charge in [0.05, 0.1) is 6.10 Å². The average molecular weight is 251 g/mol. The van der Waals surface area contributed by atoms with Crippen LogP contribution in [0.15, 0.2) is 0 Å². The molecule has 0 heterocycles. The summed E-state index contributed by atoms with van der Waals surface area (Å²) < 4.78 is 0. The Morgan fingerprint density at radius 2 is 1.67 bits per heavy atom. The van der Waals surface area contributed by atoms with Crippen LogP contribution < -0.4 is 5.32 Å². The largest absolute Gasteiger partial charge is 0.393 e. The topological polar surface area (TPSA) is 32.3 Å². The highest BCUT2D eigenvalue weighted by atomic mass is 16.3. The van der Waals surface area contributed by atoms with Crippen LogP contribution in [0.4, 0.5) is 0 Å². The molecule has 2 bridgehead atoms. The molecule has 18 heavy (non-hydrogen) atoms. The van der Waals surface area contributed by atoms with Gasteiger partial charge in [0.1, 0.15) is 0 Å². The molecule has 3 saturated carbocycles. The van der Waals surface area contributed by atoms with Crippen molar-refractivity contribution in [2.45, 2.75) is 83.9 Å². The maximum atomic E-state index is 9.62. The Morgan fingerprint density at radius 1 is 1.00 bits per heavy atom. The summed E-state index contributed by atoms with van der Waals surface area (Å²) in [7, 11) is 0. The van der Waals surface area contributed by atoms with E-state index < -0.39 is 0 Å². The molecule has 2 heteroatoms. The van der Waals surface area contributed by atoms with Gasteiger partial charge in [-0.15, -0.1) is 0 Å². The van der Waals surface area contributed by atoms with Gasteiger partial charge in [0.15, 0.2) is 0 Å². The summed E-state index contributed by atoms with van der Waals surface area (Å²) in [6.07, 6.45) is 8.54. The molecule has 3 rings (SSSR count). The van der Waals surface area contributed by atoms with E-state index in [9.17, 15) is 5.11 Å². The van der Waals surface area contributed by atoms with Crippen LogP contribution in [-0.4, -0.2) is 23.3 Å². The number of aliphatic hydroxyl groups is 1. The second-order valence-electron chi connectivity index (χ2n) is 8.02. The summed E-state index contributed by atoms with van der Waals surface area (Å²) in [6, 6.07) is 1.33. The van der Waals surface area contributed by atoms with Crippen LogP contribution in [0.25, 0.3) is 0 Å². The van der Waals surface area contributed by atoms with Crippen LogP contribution in [0.3, 0.4) is 0 Å². The standard InChI is InChI=1S/C16H29NO/c1-15(2)11-8-9-16(3,10-11)14(15)17-12-4-6-13(18)7-5-12/h11-14,17-18H,4-10H2,1-3H3. The van der Waals surface area contributed by atoms with Crippen molar-refractivity contribution in [2.75, 3.05) is 0 Å². The highest BCUT2D eigenvalue weighted by Gasteiger charge is 2.59. The molecular formula is C16H29NO. The number of fused-ring (bicyclic) bond motifs is 2. The van der Waals surface area contributed by atoms with Crippen LogP contribution in [0, 0.1) is 16.7 Å². The molecule has 2 N–H and O–H groups in total. The summed E-state index contributed by atoms with van der Waals surface area (Å²) in [5, 5.41) is 13.6. The Labute approximate surface area is 112 Å². The van der Waals surface area contributed by atoms with Gasteiger partial charge in [-0.3, -0.25) is 0 Å². The predicted octanol–water partition coefficient (Wildman–Crippen LogP) is 3.09. The summed E-state index contributed by atoms with van der Waals surface area (Å²) in [5.41, 5.74) is 0.993. The second-order valence-corrected chi connectivity index (χ2v) is 8.02. The minimum absolute atomic E-state index is 0.0355. The molecule has 104 valence electrons. The number of nitrogens with one attached hydrogen (secondary N) is 1. The quantitative estimate of drug-likeness (QED) is 0.790. The molecule has 3 unspecified atom stereocenters. The van der Waals surface area contributed by atoms with E-state index in [-0.39, 0.29) is 6.10 Å². The van der Waals surface area contributed by atoms with Gasteiger partial charge < -0.3 is 10.4 Å². The Bertz CT molecular complexity index is 314. The third kappa shape index (κ3) is 1.92. The van der Waals surface area contributed by atoms with Crippen molar-refractivity contribution in [3.63, 3.8) is 0 Å². The molecular weight excluding hydrogens is 222 g/mol. The van der Waals surface area contributed by atoms with Gasteiger partial charge in [-0.2, -0.15) is 0 Å². The van der Waals surface area contributed by atoms with Gasteiger partial charge in [-0.05, 0) is 61.7 Å². The highest BCUT2D eigenvalue weighted by molar-refractivity contribution is 5.12. The van der Waals surface area contributed by atoms with Crippen molar-refractivity contribution >= 4 is 0 Å². The lowest BCUT2D eigenvalue weighted by Gasteiger charge is -2.46.